The Morgan fingerprint density at radius 2 is 1.77 bits per heavy atom. The Hall–Kier alpha value is -3.79. The number of aliphatic imine (C=N–C) groups is 1. The fraction of sp³-hybridized carbons (Fsp3) is 0.208. The lowest BCUT2D eigenvalue weighted by molar-refractivity contribution is -0.137. The summed E-state index contributed by atoms with van der Waals surface area (Å²) in [6.45, 7) is 3.53. The number of benzene rings is 2. The van der Waals surface area contributed by atoms with Crippen molar-refractivity contribution in [3.63, 3.8) is 0 Å². The molecule has 0 saturated carbocycles. The normalized spacial score (nSPS) is 11.8. The molecule has 0 aliphatic carbocycles. The summed E-state index contributed by atoms with van der Waals surface area (Å²) in [5.41, 5.74) is -0.190. The Labute approximate surface area is 205 Å². The zero-order valence-corrected chi connectivity index (χ0v) is 19.7. The first kappa shape index (κ1) is 25.8. The summed E-state index contributed by atoms with van der Waals surface area (Å²) in [7, 11) is 1.51. The van der Waals surface area contributed by atoms with E-state index in [0.29, 0.717) is 17.2 Å². The molecule has 2 aromatic carbocycles. The number of rotatable bonds is 6. The van der Waals surface area contributed by atoms with E-state index < -0.39 is 16.8 Å². The van der Waals surface area contributed by atoms with E-state index in [9.17, 15) is 18.0 Å². The number of hydrogen-bond acceptors (Lipinski definition) is 5. The van der Waals surface area contributed by atoms with E-state index in [1.807, 2.05) is 0 Å². The van der Waals surface area contributed by atoms with Crippen LogP contribution in [0.15, 0.2) is 65.8 Å². The molecular weight excluding hydrogens is 485 g/mol. The molecule has 2 N–H and O–H groups in total. The molecule has 0 atom stereocenters. The highest BCUT2D eigenvalue weighted by atomic mass is 35.5. The maximum Gasteiger partial charge on any atom is 0.417 e. The van der Waals surface area contributed by atoms with Crippen molar-refractivity contribution < 1.29 is 27.4 Å². The number of halogens is 4. The van der Waals surface area contributed by atoms with Crippen LogP contribution in [0, 0.1) is 0 Å². The van der Waals surface area contributed by atoms with Crippen molar-refractivity contribution in [2.75, 3.05) is 12.4 Å². The third-order valence-electron chi connectivity index (χ3n) is 4.37. The second-order valence-electron chi connectivity index (χ2n) is 7.45. The van der Waals surface area contributed by atoms with E-state index in [4.69, 9.17) is 21.1 Å². The summed E-state index contributed by atoms with van der Waals surface area (Å²) in [6, 6.07) is 13.2. The maximum absolute atomic E-state index is 13.2. The van der Waals surface area contributed by atoms with Crippen LogP contribution in [0.25, 0.3) is 0 Å². The smallest absolute Gasteiger partial charge is 0.417 e. The Bertz CT molecular complexity index is 1220. The summed E-state index contributed by atoms with van der Waals surface area (Å²) < 4.78 is 50.9. The number of carbonyl (C=O) groups excluding carboxylic acids is 1. The molecule has 0 aliphatic rings. The number of anilines is 1. The van der Waals surface area contributed by atoms with E-state index in [0.717, 1.165) is 12.1 Å². The molecule has 3 aromatic rings. The predicted octanol–water partition coefficient (Wildman–Crippen LogP) is 6.43. The van der Waals surface area contributed by atoms with Gasteiger partial charge in [-0.05, 0) is 62.4 Å². The van der Waals surface area contributed by atoms with Gasteiger partial charge in [0.1, 0.15) is 17.2 Å². The minimum absolute atomic E-state index is 0.00784. The van der Waals surface area contributed by atoms with E-state index in [1.54, 1.807) is 44.2 Å². The number of aromatic nitrogens is 1. The number of carbonyl (C=O) groups is 1. The number of amidine groups is 1. The summed E-state index contributed by atoms with van der Waals surface area (Å²) in [5, 5.41) is 5.03. The second-order valence-corrected chi connectivity index (χ2v) is 7.86. The van der Waals surface area contributed by atoms with Crippen LogP contribution in [0.5, 0.6) is 11.5 Å². The molecule has 1 aromatic heterocycles. The second kappa shape index (κ2) is 11.1. The largest absolute Gasteiger partial charge is 0.462 e. The van der Waals surface area contributed by atoms with E-state index >= 15 is 0 Å². The summed E-state index contributed by atoms with van der Waals surface area (Å²) >= 11 is 5.69. The first-order valence-electron chi connectivity index (χ1n) is 10.4. The predicted molar refractivity (Wildman–Crippen MR) is 128 cm³/mol. The molecule has 0 saturated heterocycles. The van der Waals surface area contributed by atoms with Crippen molar-refractivity contribution in [3.8, 4) is 11.5 Å². The number of nitrogens with zero attached hydrogens (tertiary/aromatic N) is 2. The first-order chi connectivity index (χ1) is 16.5. The van der Waals surface area contributed by atoms with Crippen molar-refractivity contribution in [2.24, 2.45) is 4.99 Å². The molecule has 7 nitrogen and oxygen atoms in total. The molecule has 1 heterocycles. The van der Waals surface area contributed by atoms with Gasteiger partial charge in [0.2, 0.25) is 0 Å². The molecule has 11 heteroatoms. The zero-order chi connectivity index (χ0) is 25.6. The average Bonchev–Trinajstić information content (AvgIpc) is 2.80. The van der Waals surface area contributed by atoms with Crippen LogP contribution < -0.4 is 15.4 Å². The van der Waals surface area contributed by atoms with Gasteiger partial charge in [-0.2, -0.15) is 18.2 Å². The molecule has 0 fully saturated rings. The Kier molecular flexibility index (Phi) is 8.18. The highest BCUT2D eigenvalue weighted by Crippen LogP contribution is 2.37. The van der Waals surface area contributed by atoms with Crippen LogP contribution in [0.1, 0.15) is 29.9 Å². The molecule has 0 aliphatic heterocycles. The molecule has 35 heavy (non-hydrogen) atoms. The minimum Gasteiger partial charge on any atom is -0.462 e. The molecular formula is C24H22ClF3N4O3. The lowest BCUT2D eigenvalue weighted by Gasteiger charge is -2.15. The van der Waals surface area contributed by atoms with Crippen molar-refractivity contribution >= 4 is 34.9 Å². The zero-order valence-electron chi connectivity index (χ0n) is 19.0. The van der Waals surface area contributed by atoms with Crippen molar-refractivity contribution in [1.29, 1.82) is 0 Å². The van der Waals surface area contributed by atoms with Gasteiger partial charge in [-0.1, -0.05) is 11.6 Å². The Morgan fingerprint density at radius 1 is 1.06 bits per heavy atom. The van der Waals surface area contributed by atoms with Crippen molar-refractivity contribution in [3.05, 3.63) is 77.1 Å². The highest BCUT2D eigenvalue weighted by molar-refractivity contribution is 6.31. The molecule has 1 amide bonds. The van der Waals surface area contributed by atoms with E-state index in [1.165, 1.54) is 25.4 Å². The van der Waals surface area contributed by atoms with Crippen LogP contribution in [0.3, 0.4) is 0 Å². The molecule has 0 spiro atoms. The van der Waals surface area contributed by atoms with Gasteiger partial charge in [0.15, 0.2) is 0 Å². The van der Waals surface area contributed by atoms with Crippen LogP contribution in [0.2, 0.25) is 5.02 Å². The third-order valence-corrected chi connectivity index (χ3v) is 4.70. The monoisotopic (exact) mass is 506 g/mol. The Balaban J connectivity index is 1.78. The Morgan fingerprint density at radius 3 is 2.40 bits per heavy atom. The molecule has 184 valence electrons. The number of amides is 1. The SMILES string of the molecule is CNC(=O)c1cc(Oc2ccc(N/C(=N\c3ccc(Cl)c(C(F)(F)F)c3)OC(C)C)cc2)ccn1. The van der Waals surface area contributed by atoms with Gasteiger partial charge < -0.3 is 20.1 Å². The summed E-state index contributed by atoms with van der Waals surface area (Å²) in [4.78, 5) is 19.9. The number of alkyl halides is 3. The summed E-state index contributed by atoms with van der Waals surface area (Å²) in [6.07, 6.45) is -3.44. The number of nitrogens with one attached hydrogen (secondary N) is 2. The van der Waals surface area contributed by atoms with Gasteiger partial charge in [0.25, 0.3) is 11.9 Å². The quantitative estimate of drug-likeness (QED) is 0.297. The minimum atomic E-state index is -4.61. The van der Waals surface area contributed by atoms with Gasteiger partial charge >= 0.3 is 6.18 Å². The van der Waals surface area contributed by atoms with Gasteiger partial charge in [-0.3, -0.25) is 9.78 Å². The van der Waals surface area contributed by atoms with E-state index in [2.05, 4.69) is 20.6 Å². The number of hydrogen-bond donors (Lipinski definition) is 2. The third kappa shape index (κ3) is 7.35. The average molecular weight is 507 g/mol. The van der Waals surface area contributed by atoms with Crippen molar-refractivity contribution in [2.45, 2.75) is 26.1 Å². The lowest BCUT2D eigenvalue weighted by Crippen LogP contribution is -2.20. The highest BCUT2D eigenvalue weighted by Gasteiger charge is 2.33. The van der Waals surface area contributed by atoms with Gasteiger partial charge in [0.05, 0.1) is 22.4 Å². The van der Waals surface area contributed by atoms with E-state index in [-0.39, 0.29) is 29.4 Å². The van der Waals surface area contributed by atoms with Crippen LogP contribution in [-0.4, -0.2) is 30.1 Å². The van der Waals surface area contributed by atoms with Crippen LogP contribution in [-0.2, 0) is 10.9 Å². The fourth-order valence-corrected chi connectivity index (χ4v) is 3.04. The summed E-state index contributed by atoms with van der Waals surface area (Å²) in [5.74, 6) is 0.573. The number of ether oxygens (including phenoxy) is 2. The van der Waals surface area contributed by atoms with Crippen LogP contribution in [0.4, 0.5) is 24.5 Å². The fourth-order valence-electron chi connectivity index (χ4n) is 2.82. The molecule has 0 radical (unpaired) electrons. The maximum atomic E-state index is 13.2. The molecule has 3 rings (SSSR count). The standard InChI is InChI=1S/C24H22ClF3N4O3/c1-14(2)34-23(32-16-6-9-20(25)19(12-16)24(26,27)28)31-15-4-7-17(8-5-15)35-18-10-11-30-21(13-18)22(33)29-3/h4-14H,1-3H3,(H,29,33)(H,31,32). The van der Waals surface area contributed by atoms with Gasteiger partial charge in [-0.25, -0.2) is 0 Å². The first-order valence-corrected chi connectivity index (χ1v) is 10.8. The van der Waals surface area contributed by atoms with Crippen molar-refractivity contribution in [1.82, 2.24) is 10.3 Å². The number of pyridine rings is 1. The van der Waals surface area contributed by atoms with Crippen LogP contribution >= 0.6 is 11.6 Å². The topological polar surface area (TPSA) is 84.8 Å². The molecule has 0 unspecified atom stereocenters. The lowest BCUT2D eigenvalue weighted by atomic mass is 10.2. The van der Waals surface area contributed by atoms with Gasteiger partial charge in [-0.15, -0.1) is 0 Å². The van der Waals surface area contributed by atoms with Gasteiger partial charge in [0, 0.05) is 25.0 Å². The molecule has 0 bridgehead atoms.